The third kappa shape index (κ3) is 4.78. The van der Waals surface area contributed by atoms with Crippen LogP contribution in [0.5, 0.6) is 0 Å². The maximum atomic E-state index is 13.0. The molecular weight excluding hydrogens is 398 g/mol. The highest BCUT2D eigenvalue weighted by Gasteiger charge is 2.12. The van der Waals surface area contributed by atoms with Gasteiger partial charge in [-0.25, -0.2) is 4.98 Å². The van der Waals surface area contributed by atoms with Gasteiger partial charge >= 0.3 is 0 Å². The van der Waals surface area contributed by atoms with Crippen LogP contribution in [0.1, 0.15) is 36.4 Å². The predicted octanol–water partition coefficient (Wildman–Crippen LogP) is 5.52. The van der Waals surface area contributed by atoms with Crippen molar-refractivity contribution in [2.75, 3.05) is 5.32 Å². The fraction of sp³-hybridized carbons (Fsp3) is 0.222. The van der Waals surface area contributed by atoms with Crippen LogP contribution in [-0.4, -0.2) is 15.5 Å². The number of amides is 1. The Hall–Kier alpha value is -3.73. The highest BCUT2D eigenvalue weighted by molar-refractivity contribution is 5.93. The van der Waals surface area contributed by atoms with Gasteiger partial charge in [-0.3, -0.25) is 14.2 Å². The summed E-state index contributed by atoms with van der Waals surface area (Å²) in [5, 5.41) is 3.56. The van der Waals surface area contributed by atoms with Crippen molar-refractivity contribution in [2.45, 2.75) is 41.0 Å². The van der Waals surface area contributed by atoms with Crippen LogP contribution in [0.2, 0.25) is 0 Å². The van der Waals surface area contributed by atoms with Crippen LogP contribution in [0.3, 0.4) is 0 Å². The van der Waals surface area contributed by atoms with Crippen LogP contribution < -0.4 is 10.9 Å². The summed E-state index contributed by atoms with van der Waals surface area (Å²) in [4.78, 5) is 30.1. The minimum absolute atomic E-state index is 0.0686. The molecule has 4 aromatic rings. The fourth-order valence-electron chi connectivity index (χ4n) is 3.65. The number of aromatic nitrogens is 2. The van der Waals surface area contributed by atoms with Crippen molar-refractivity contribution in [2.24, 2.45) is 0 Å². The van der Waals surface area contributed by atoms with E-state index in [9.17, 15) is 9.59 Å². The molecule has 32 heavy (non-hydrogen) atoms. The van der Waals surface area contributed by atoms with Crippen LogP contribution in [0, 0.1) is 20.8 Å². The highest BCUT2D eigenvalue weighted by Crippen LogP contribution is 2.21. The standard InChI is InChI=1S/C25H23N3O2.C2H6/c1-16-8-4-5-9-19(16)15-24(29)27-22-13-12-20(14-17(22)2)28-18(3)26-23-11-7-6-10-21(23)25(28)30;1-2/h4-14H,15H2,1-3H3,(H,27,29);1-2H3. The van der Waals surface area contributed by atoms with Gasteiger partial charge in [0.1, 0.15) is 5.82 Å². The number of nitrogens with one attached hydrogen (secondary N) is 1. The first-order valence-corrected chi connectivity index (χ1v) is 10.9. The summed E-state index contributed by atoms with van der Waals surface area (Å²) in [5.41, 5.74) is 5.03. The summed E-state index contributed by atoms with van der Waals surface area (Å²) in [7, 11) is 0. The highest BCUT2D eigenvalue weighted by atomic mass is 16.1. The topological polar surface area (TPSA) is 64.0 Å². The number of hydrogen-bond donors (Lipinski definition) is 1. The van der Waals surface area contributed by atoms with Crippen molar-refractivity contribution < 1.29 is 4.79 Å². The van der Waals surface area contributed by atoms with Gasteiger partial charge < -0.3 is 5.32 Å². The van der Waals surface area contributed by atoms with Gasteiger partial charge in [-0.15, -0.1) is 0 Å². The number of anilines is 1. The molecule has 0 aliphatic heterocycles. The smallest absolute Gasteiger partial charge is 0.265 e. The minimum Gasteiger partial charge on any atom is -0.326 e. The average molecular weight is 428 g/mol. The van der Waals surface area contributed by atoms with Gasteiger partial charge in [-0.2, -0.15) is 0 Å². The van der Waals surface area contributed by atoms with Crippen LogP contribution in [-0.2, 0) is 11.2 Å². The van der Waals surface area contributed by atoms with Crippen LogP contribution >= 0.6 is 0 Å². The fourth-order valence-corrected chi connectivity index (χ4v) is 3.65. The molecule has 5 heteroatoms. The summed E-state index contributed by atoms with van der Waals surface area (Å²) in [5.74, 6) is 0.551. The van der Waals surface area contributed by atoms with Gasteiger partial charge in [0.05, 0.1) is 23.0 Å². The van der Waals surface area contributed by atoms with E-state index in [2.05, 4.69) is 10.3 Å². The lowest BCUT2D eigenvalue weighted by atomic mass is 10.1. The molecule has 0 spiro atoms. The molecule has 164 valence electrons. The van der Waals surface area contributed by atoms with Gasteiger partial charge in [-0.05, 0) is 67.8 Å². The van der Waals surface area contributed by atoms with E-state index in [1.54, 1.807) is 10.6 Å². The van der Waals surface area contributed by atoms with Crippen LogP contribution in [0.25, 0.3) is 16.6 Å². The number of carbonyl (C=O) groups excluding carboxylic acids is 1. The SMILES string of the molecule is CC.Cc1ccccc1CC(=O)Nc1ccc(-n2c(C)nc3ccccc3c2=O)cc1C. The lowest BCUT2D eigenvalue weighted by Crippen LogP contribution is -2.22. The second-order valence-corrected chi connectivity index (χ2v) is 7.47. The Bertz CT molecular complexity index is 1320. The Morgan fingerprint density at radius 2 is 1.59 bits per heavy atom. The van der Waals surface area contributed by atoms with E-state index in [0.29, 0.717) is 23.1 Å². The van der Waals surface area contributed by atoms with Crippen molar-refractivity contribution >= 4 is 22.5 Å². The monoisotopic (exact) mass is 427 g/mol. The van der Waals surface area contributed by atoms with Crippen LogP contribution in [0.4, 0.5) is 5.69 Å². The molecule has 1 amide bonds. The van der Waals surface area contributed by atoms with E-state index < -0.39 is 0 Å². The summed E-state index contributed by atoms with van der Waals surface area (Å²) in [6.45, 7) is 9.74. The summed E-state index contributed by atoms with van der Waals surface area (Å²) < 4.78 is 1.61. The molecule has 3 aromatic carbocycles. The molecule has 4 rings (SSSR count). The third-order valence-corrected chi connectivity index (χ3v) is 5.30. The quantitative estimate of drug-likeness (QED) is 0.466. The van der Waals surface area contributed by atoms with Crippen molar-refractivity contribution in [3.05, 3.63) is 99.6 Å². The van der Waals surface area contributed by atoms with E-state index in [1.807, 2.05) is 95.3 Å². The van der Waals surface area contributed by atoms with Gasteiger partial charge in [0.25, 0.3) is 5.56 Å². The first kappa shape index (κ1) is 22.9. The molecule has 1 heterocycles. The number of nitrogens with zero attached hydrogens (tertiary/aromatic N) is 2. The van der Waals surface area contributed by atoms with Gasteiger partial charge in [0.2, 0.25) is 5.91 Å². The zero-order valence-electron chi connectivity index (χ0n) is 19.3. The average Bonchev–Trinajstić information content (AvgIpc) is 2.78. The van der Waals surface area contributed by atoms with Gasteiger partial charge in [0, 0.05) is 5.69 Å². The van der Waals surface area contributed by atoms with Crippen molar-refractivity contribution in [1.29, 1.82) is 0 Å². The molecule has 0 fully saturated rings. The number of rotatable bonds is 4. The molecule has 1 aromatic heterocycles. The Kier molecular flexibility index (Phi) is 7.21. The van der Waals surface area contributed by atoms with E-state index in [0.717, 1.165) is 28.1 Å². The number of hydrogen-bond acceptors (Lipinski definition) is 3. The lowest BCUT2D eigenvalue weighted by Gasteiger charge is -2.14. The minimum atomic E-state index is -0.103. The second kappa shape index (κ2) is 10.1. The maximum absolute atomic E-state index is 13.0. The lowest BCUT2D eigenvalue weighted by molar-refractivity contribution is -0.115. The number of para-hydroxylation sites is 1. The van der Waals surface area contributed by atoms with E-state index in [-0.39, 0.29) is 11.5 Å². The Balaban J connectivity index is 0.00000141. The molecule has 5 nitrogen and oxygen atoms in total. The Labute approximate surface area is 188 Å². The number of carbonyl (C=O) groups is 1. The van der Waals surface area contributed by atoms with Crippen molar-refractivity contribution in [3.8, 4) is 5.69 Å². The van der Waals surface area contributed by atoms with E-state index >= 15 is 0 Å². The van der Waals surface area contributed by atoms with Crippen LogP contribution in [0.15, 0.2) is 71.5 Å². The molecule has 0 radical (unpaired) electrons. The number of benzene rings is 3. The second-order valence-electron chi connectivity index (χ2n) is 7.47. The summed E-state index contributed by atoms with van der Waals surface area (Å²) in [6, 6.07) is 20.8. The Morgan fingerprint density at radius 3 is 2.31 bits per heavy atom. The largest absolute Gasteiger partial charge is 0.326 e. The molecule has 0 saturated carbocycles. The summed E-state index contributed by atoms with van der Waals surface area (Å²) >= 11 is 0. The van der Waals surface area contributed by atoms with Crippen molar-refractivity contribution in [3.63, 3.8) is 0 Å². The molecule has 0 aliphatic carbocycles. The molecule has 0 atom stereocenters. The van der Waals surface area contributed by atoms with Crippen molar-refractivity contribution in [1.82, 2.24) is 9.55 Å². The molecule has 0 bridgehead atoms. The molecular formula is C27H29N3O2. The van der Waals surface area contributed by atoms with E-state index in [4.69, 9.17) is 0 Å². The molecule has 1 N–H and O–H groups in total. The summed E-state index contributed by atoms with van der Waals surface area (Å²) in [6.07, 6.45) is 0.320. The molecule has 0 aliphatic rings. The third-order valence-electron chi connectivity index (χ3n) is 5.30. The predicted molar refractivity (Wildman–Crippen MR) is 132 cm³/mol. The first-order chi connectivity index (χ1) is 15.4. The zero-order chi connectivity index (χ0) is 23.3. The van der Waals surface area contributed by atoms with Gasteiger partial charge in [0.15, 0.2) is 0 Å². The molecule has 0 saturated heterocycles. The normalized spacial score (nSPS) is 10.4. The number of aryl methyl sites for hydroxylation is 3. The van der Waals surface area contributed by atoms with Gasteiger partial charge in [-0.1, -0.05) is 50.2 Å². The maximum Gasteiger partial charge on any atom is 0.265 e. The molecule has 0 unspecified atom stereocenters. The Morgan fingerprint density at radius 1 is 0.906 bits per heavy atom. The first-order valence-electron chi connectivity index (χ1n) is 10.9. The van der Waals surface area contributed by atoms with E-state index in [1.165, 1.54) is 0 Å². The number of fused-ring (bicyclic) bond motifs is 1. The zero-order valence-corrected chi connectivity index (χ0v) is 19.3.